The monoisotopic (exact) mass is 309 g/mol. The molecule has 2 heterocycles. The lowest BCUT2D eigenvalue weighted by Gasteiger charge is -2.26. The minimum atomic E-state index is -0.683. The summed E-state index contributed by atoms with van der Waals surface area (Å²) in [5, 5.41) is 7.56. The molecule has 0 spiro atoms. The van der Waals surface area contributed by atoms with Gasteiger partial charge in [-0.15, -0.1) is 11.3 Å². The summed E-state index contributed by atoms with van der Waals surface area (Å²) in [6.45, 7) is 2.36. The van der Waals surface area contributed by atoms with Crippen molar-refractivity contribution >= 4 is 17.2 Å². The van der Waals surface area contributed by atoms with E-state index in [0.29, 0.717) is 12.5 Å². The van der Waals surface area contributed by atoms with E-state index in [1.165, 1.54) is 23.6 Å². The van der Waals surface area contributed by atoms with E-state index in [1.807, 2.05) is 0 Å². The third kappa shape index (κ3) is 2.93. The van der Waals surface area contributed by atoms with Crippen molar-refractivity contribution in [3.05, 3.63) is 40.9 Å². The minimum absolute atomic E-state index is 0.168. The largest absolute Gasteiger partial charge is 0.350 e. The quantitative estimate of drug-likeness (QED) is 0.909. The number of halogens is 2. The number of hydrogen-bond donors (Lipinski definition) is 2. The topological polar surface area (TPSA) is 54.0 Å². The molecule has 110 valence electrons. The van der Waals surface area contributed by atoms with Crippen LogP contribution in [0.3, 0.4) is 0 Å². The maximum Gasteiger partial charge on any atom is 0.270 e. The summed E-state index contributed by atoms with van der Waals surface area (Å²) in [6.07, 6.45) is 0. The van der Waals surface area contributed by atoms with E-state index in [1.54, 1.807) is 0 Å². The molecule has 0 unspecified atom stereocenters. The standard InChI is InChI=1S/C14H13F2N3OS/c15-9-2-1-3-10(16)12(9)14-19-11(7-21-14)13(20)18-6-8-4-17-5-8/h1-3,7-8,17H,4-6H2,(H,18,20). The van der Waals surface area contributed by atoms with Gasteiger partial charge in [0.05, 0.1) is 5.56 Å². The molecule has 0 bridgehead atoms. The molecule has 1 amide bonds. The Morgan fingerprint density at radius 2 is 2.10 bits per heavy atom. The first kappa shape index (κ1) is 14.1. The summed E-state index contributed by atoms with van der Waals surface area (Å²) in [5.74, 6) is -1.24. The second-order valence-electron chi connectivity index (χ2n) is 4.87. The molecule has 0 saturated carbocycles. The fourth-order valence-electron chi connectivity index (χ4n) is 2.02. The Balaban J connectivity index is 1.74. The van der Waals surface area contributed by atoms with Gasteiger partial charge in [-0.25, -0.2) is 13.8 Å². The van der Waals surface area contributed by atoms with Crippen LogP contribution in [-0.2, 0) is 0 Å². The van der Waals surface area contributed by atoms with Crippen LogP contribution < -0.4 is 10.6 Å². The number of thiazole rings is 1. The van der Waals surface area contributed by atoms with Gasteiger partial charge in [0.2, 0.25) is 0 Å². The molecule has 2 N–H and O–H groups in total. The molecular weight excluding hydrogens is 296 g/mol. The van der Waals surface area contributed by atoms with Crippen molar-refractivity contribution < 1.29 is 13.6 Å². The zero-order valence-electron chi connectivity index (χ0n) is 11.0. The van der Waals surface area contributed by atoms with Crippen molar-refractivity contribution in [3.8, 4) is 10.6 Å². The number of benzene rings is 1. The van der Waals surface area contributed by atoms with Crippen LogP contribution in [0.5, 0.6) is 0 Å². The lowest BCUT2D eigenvalue weighted by atomic mass is 10.0. The molecule has 21 heavy (non-hydrogen) atoms. The van der Waals surface area contributed by atoms with Crippen molar-refractivity contribution in [2.45, 2.75) is 0 Å². The van der Waals surface area contributed by atoms with Gasteiger partial charge in [-0.05, 0) is 12.1 Å². The first-order valence-corrected chi connectivity index (χ1v) is 7.42. The molecule has 0 aliphatic carbocycles. The van der Waals surface area contributed by atoms with Crippen molar-refractivity contribution in [1.29, 1.82) is 0 Å². The van der Waals surface area contributed by atoms with Crippen LogP contribution in [0.25, 0.3) is 10.6 Å². The summed E-state index contributed by atoms with van der Waals surface area (Å²) in [4.78, 5) is 16.0. The Hall–Kier alpha value is -1.86. The Morgan fingerprint density at radius 3 is 2.71 bits per heavy atom. The molecule has 2 aromatic rings. The maximum absolute atomic E-state index is 13.7. The summed E-state index contributed by atoms with van der Waals surface area (Å²) < 4.78 is 27.3. The van der Waals surface area contributed by atoms with Gasteiger partial charge >= 0.3 is 0 Å². The number of carbonyl (C=O) groups excluding carboxylic acids is 1. The van der Waals surface area contributed by atoms with Gasteiger partial charge in [-0.2, -0.15) is 0 Å². The molecule has 0 radical (unpaired) electrons. The molecule has 7 heteroatoms. The lowest BCUT2D eigenvalue weighted by molar-refractivity contribution is 0.0938. The van der Waals surface area contributed by atoms with Crippen LogP contribution >= 0.6 is 11.3 Å². The van der Waals surface area contributed by atoms with Crippen LogP contribution in [0.2, 0.25) is 0 Å². The average molecular weight is 309 g/mol. The SMILES string of the molecule is O=C(NCC1CNC1)c1csc(-c2c(F)cccc2F)n1. The van der Waals surface area contributed by atoms with E-state index in [4.69, 9.17) is 0 Å². The van der Waals surface area contributed by atoms with E-state index in [-0.39, 0.29) is 22.2 Å². The van der Waals surface area contributed by atoms with Crippen LogP contribution in [0.1, 0.15) is 10.5 Å². The summed E-state index contributed by atoms with van der Waals surface area (Å²) >= 11 is 1.05. The van der Waals surface area contributed by atoms with E-state index >= 15 is 0 Å². The van der Waals surface area contributed by atoms with Gasteiger partial charge in [-0.1, -0.05) is 6.07 Å². The normalized spacial score (nSPS) is 14.8. The van der Waals surface area contributed by atoms with E-state index in [2.05, 4.69) is 15.6 Å². The second-order valence-corrected chi connectivity index (χ2v) is 5.73. The van der Waals surface area contributed by atoms with Gasteiger partial charge in [-0.3, -0.25) is 4.79 Å². The third-order valence-corrected chi connectivity index (χ3v) is 4.19. The maximum atomic E-state index is 13.7. The van der Waals surface area contributed by atoms with Gasteiger partial charge < -0.3 is 10.6 Å². The highest BCUT2D eigenvalue weighted by Gasteiger charge is 2.20. The highest BCUT2D eigenvalue weighted by molar-refractivity contribution is 7.13. The number of nitrogens with zero attached hydrogens (tertiary/aromatic N) is 1. The number of nitrogens with one attached hydrogen (secondary N) is 2. The van der Waals surface area contributed by atoms with E-state index in [0.717, 1.165) is 24.4 Å². The van der Waals surface area contributed by atoms with Crippen molar-refractivity contribution in [1.82, 2.24) is 15.6 Å². The number of carbonyl (C=O) groups is 1. The van der Waals surface area contributed by atoms with Crippen LogP contribution in [0, 0.1) is 17.6 Å². The Kier molecular flexibility index (Phi) is 3.94. The highest BCUT2D eigenvalue weighted by Crippen LogP contribution is 2.28. The van der Waals surface area contributed by atoms with Gasteiger partial charge in [0, 0.05) is 30.9 Å². The highest BCUT2D eigenvalue weighted by atomic mass is 32.1. The molecule has 1 aliphatic rings. The fourth-order valence-corrected chi connectivity index (χ4v) is 2.86. The molecule has 1 aliphatic heterocycles. The first-order valence-electron chi connectivity index (χ1n) is 6.54. The van der Waals surface area contributed by atoms with Crippen molar-refractivity contribution in [3.63, 3.8) is 0 Å². The van der Waals surface area contributed by atoms with Crippen molar-refractivity contribution in [2.75, 3.05) is 19.6 Å². The Bertz CT molecular complexity index is 650. The van der Waals surface area contributed by atoms with Gasteiger partial charge in [0.1, 0.15) is 22.3 Å². The summed E-state index contributed by atoms with van der Waals surface area (Å²) in [6, 6.07) is 3.63. The smallest absolute Gasteiger partial charge is 0.270 e. The average Bonchev–Trinajstić information content (AvgIpc) is 2.86. The number of rotatable bonds is 4. The molecule has 4 nitrogen and oxygen atoms in total. The van der Waals surface area contributed by atoms with Crippen LogP contribution in [-0.4, -0.2) is 30.5 Å². The third-order valence-electron chi connectivity index (χ3n) is 3.33. The molecule has 1 aromatic carbocycles. The second kappa shape index (κ2) is 5.87. The molecule has 1 fully saturated rings. The van der Waals surface area contributed by atoms with Crippen LogP contribution in [0.15, 0.2) is 23.6 Å². The zero-order chi connectivity index (χ0) is 14.8. The Labute approximate surface area is 124 Å². The number of aromatic nitrogens is 1. The molecular formula is C14H13F2N3OS. The molecule has 1 aromatic heterocycles. The molecule has 3 rings (SSSR count). The fraction of sp³-hybridized carbons (Fsp3) is 0.286. The predicted octanol–water partition coefficient (Wildman–Crippen LogP) is 2.04. The van der Waals surface area contributed by atoms with Gasteiger partial charge in [0.15, 0.2) is 0 Å². The predicted molar refractivity (Wildman–Crippen MR) is 76.2 cm³/mol. The number of hydrogen-bond acceptors (Lipinski definition) is 4. The lowest BCUT2D eigenvalue weighted by Crippen LogP contribution is -2.48. The first-order chi connectivity index (χ1) is 10.1. The summed E-state index contributed by atoms with van der Waals surface area (Å²) in [5.41, 5.74) is -0.00493. The van der Waals surface area contributed by atoms with E-state index in [9.17, 15) is 13.6 Å². The zero-order valence-corrected chi connectivity index (χ0v) is 11.8. The van der Waals surface area contributed by atoms with Gasteiger partial charge in [0.25, 0.3) is 5.91 Å². The van der Waals surface area contributed by atoms with Crippen molar-refractivity contribution in [2.24, 2.45) is 5.92 Å². The van der Waals surface area contributed by atoms with Crippen LogP contribution in [0.4, 0.5) is 8.78 Å². The summed E-state index contributed by atoms with van der Waals surface area (Å²) in [7, 11) is 0. The minimum Gasteiger partial charge on any atom is -0.350 e. The number of amides is 1. The molecule has 0 atom stereocenters. The molecule has 1 saturated heterocycles. The Morgan fingerprint density at radius 1 is 1.38 bits per heavy atom. The van der Waals surface area contributed by atoms with E-state index < -0.39 is 11.6 Å².